The third-order valence-corrected chi connectivity index (χ3v) is 3.50. The van der Waals surface area contributed by atoms with Gasteiger partial charge in [-0.3, -0.25) is 0 Å². The molecule has 1 saturated heterocycles. The van der Waals surface area contributed by atoms with Crippen LogP contribution in [0.15, 0.2) is 42.0 Å². The molecular formula is C14H17N. The predicted octanol–water partition coefficient (Wildman–Crippen LogP) is 2.68. The smallest absolute Gasteiger partial charge is 0.0256 e. The molecule has 0 aliphatic carbocycles. The lowest BCUT2D eigenvalue weighted by Gasteiger charge is -2.21. The second kappa shape index (κ2) is 3.82. The molecule has 3 rings (SSSR count). The Bertz CT molecular complexity index is 366. The maximum absolute atomic E-state index is 3.63. The Morgan fingerprint density at radius 2 is 2.00 bits per heavy atom. The van der Waals surface area contributed by atoms with Crippen molar-refractivity contribution in [1.82, 2.24) is 5.32 Å². The third kappa shape index (κ3) is 1.98. The first-order valence-electron chi connectivity index (χ1n) is 5.90. The highest BCUT2D eigenvalue weighted by Crippen LogP contribution is 2.27. The van der Waals surface area contributed by atoms with E-state index in [0.29, 0.717) is 6.04 Å². The molecule has 0 aromatic heterocycles. The summed E-state index contributed by atoms with van der Waals surface area (Å²) in [6, 6.07) is 12.2. The van der Waals surface area contributed by atoms with Crippen LogP contribution >= 0.6 is 0 Å². The van der Waals surface area contributed by atoms with E-state index in [1.807, 2.05) is 0 Å². The van der Waals surface area contributed by atoms with Gasteiger partial charge in [-0.1, -0.05) is 42.0 Å². The molecule has 0 radical (unpaired) electrons. The molecule has 0 spiro atoms. The SMILES string of the molecule is C1=C(Cc2ccccc2)C[C@@H]2CC[C@H]1N2. The number of hydrogen-bond acceptors (Lipinski definition) is 1. The van der Waals surface area contributed by atoms with Gasteiger partial charge in [0.1, 0.15) is 0 Å². The second-order valence-electron chi connectivity index (χ2n) is 4.74. The van der Waals surface area contributed by atoms with E-state index < -0.39 is 0 Å². The largest absolute Gasteiger partial charge is 0.307 e. The summed E-state index contributed by atoms with van der Waals surface area (Å²) < 4.78 is 0. The highest BCUT2D eigenvalue weighted by molar-refractivity contribution is 5.26. The number of benzene rings is 1. The Labute approximate surface area is 91.2 Å². The molecule has 1 aromatic rings. The van der Waals surface area contributed by atoms with E-state index in [2.05, 4.69) is 41.7 Å². The minimum absolute atomic E-state index is 0.669. The van der Waals surface area contributed by atoms with Crippen LogP contribution < -0.4 is 5.32 Å². The van der Waals surface area contributed by atoms with Crippen molar-refractivity contribution in [3.8, 4) is 0 Å². The van der Waals surface area contributed by atoms with Crippen LogP contribution in [0.2, 0.25) is 0 Å². The van der Waals surface area contributed by atoms with Gasteiger partial charge in [-0.05, 0) is 31.2 Å². The summed E-state index contributed by atoms with van der Waals surface area (Å²) in [7, 11) is 0. The molecular weight excluding hydrogens is 182 g/mol. The maximum atomic E-state index is 3.63. The molecule has 1 nitrogen and oxygen atoms in total. The highest BCUT2D eigenvalue weighted by Gasteiger charge is 2.27. The van der Waals surface area contributed by atoms with Gasteiger partial charge in [0.2, 0.25) is 0 Å². The Balaban J connectivity index is 1.74. The van der Waals surface area contributed by atoms with Crippen LogP contribution in [0, 0.1) is 0 Å². The van der Waals surface area contributed by atoms with Gasteiger partial charge in [-0.2, -0.15) is 0 Å². The Kier molecular flexibility index (Phi) is 2.34. The first-order valence-corrected chi connectivity index (χ1v) is 5.90. The Morgan fingerprint density at radius 1 is 1.13 bits per heavy atom. The first kappa shape index (κ1) is 9.17. The molecule has 78 valence electrons. The van der Waals surface area contributed by atoms with E-state index in [1.165, 1.54) is 24.8 Å². The summed E-state index contributed by atoms with van der Waals surface area (Å²) in [5, 5.41) is 3.63. The van der Waals surface area contributed by atoms with Gasteiger partial charge in [-0.25, -0.2) is 0 Å². The van der Waals surface area contributed by atoms with E-state index in [0.717, 1.165) is 12.5 Å². The molecule has 0 unspecified atom stereocenters. The fraction of sp³-hybridized carbons (Fsp3) is 0.429. The number of nitrogens with one attached hydrogen (secondary N) is 1. The molecule has 2 atom stereocenters. The van der Waals surface area contributed by atoms with E-state index in [1.54, 1.807) is 5.57 Å². The van der Waals surface area contributed by atoms with Gasteiger partial charge in [0, 0.05) is 12.1 Å². The number of rotatable bonds is 2. The highest BCUT2D eigenvalue weighted by atomic mass is 15.0. The van der Waals surface area contributed by atoms with Crippen LogP contribution in [-0.2, 0) is 6.42 Å². The van der Waals surface area contributed by atoms with Crippen molar-refractivity contribution in [1.29, 1.82) is 0 Å². The van der Waals surface area contributed by atoms with Crippen molar-refractivity contribution in [2.24, 2.45) is 0 Å². The van der Waals surface area contributed by atoms with E-state index in [-0.39, 0.29) is 0 Å². The van der Waals surface area contributed by atoms with Crippen molar-refractivity contribution < 1.29 is 0 Å². The quantitative estimate of drug-likeness (QED) is 0.722. The van der Waals surface area contributed by atoms with E-state index in [9.17, 15) is 0 Å². The monoisotopic (exact) mass is 199 g/mol. The van der Waals surface area contributed by atoms with E-state index in [4.69, 9.17) is 0 Å². The zero-order valence-corrected chi connectivity index (χ0v) is 8.95. The van der Waals surface area contributed by atoms with Gasteiger partial charge >= 0.3 is 0 Å². The summed E-state index contributed by atoms with van der Waals surface area (Å²) >= 11 is 0. The molecule has 1 heteroatoms. The van der Waals surface area contributed by atoms with Crippen molar-refractivity contribution in [3.63, 3.8) is 0 Å². The fourth-order valence-electron chi connectivity index (χ4n) is 2.80. The molecule has 1 fully saturated rings. The lowest BCUT2D eigenvalue weighted by Crippen LogP contribution is -2.32. The van der Waals surface area contributed by atoms with Crippen LogP contribution in [0.4, 0.5) is 0 Å². The van der Waals surface area contributed by atoms with Crippen LogP contribution in [-0.4, -0.2) is 12.1 Å². The van der Waals surface area contributed by atoms with Gasteiger partial charge in [0.25, 0.3) is 0 Å². The van der Waals surface area contributed by atoms with Crippen LogP contribution in [0.3, 0.4) is 0 Å². The topological polar surface area (TPSA) is 12.0 Å². The molecule has 2 bridgehead atoms. The molecule has 2 aliphatic heterocycles. The Morgan fingerprint density at radius 3 is 2.80 bits per heavy atom. The average molecular weight is 199 g/mol. The van der Waals surface area contributed by atoms with Crippen LogP contribution in [0.1, 0.15) is 24.8 Å². The predicted molar refractivity (Wildman–Crippen MR) is 62.8 cm³/mol. The molecule has 1 aromatic carbocycles. The molecule has 15 heavy (non-hydrogen) atoms. The van der Waals surface area contributed by atoms with Gasteiger partial charge < -0.3 is 5.32 Å². The van der Waals surface area contributed by atoms with Gasteiger partial charge in [0.15, 0.2) is 0 Å². The molecule has 1 N–H and O–H groups in total. The van der Waals surface area contributed by atoms with Gasteiger partial charge in [0.05, 0.1) is 0 Å². The summed E-state index contributed by atoms with van der Waals surface area (Å²) in [6.45, 7) is 0. The molecule has 2 heterocycles. The van der Waals surface area contributed by atoms with Crippen LogP contribution in [0.25, 0.3) is 0 Å². The minimum Gasteiger partial charge on any atom is -0.307 e. The average Bonchev–Trinajstić information content (AvgIpc) is 2.60. The lowest BCUT2D eigenvalue weighted by atomic mass is 9.97. The molecule has 0 amide bonds. The summed E-state index contributed by atoms with van der Waals surface area (Å²) in [5.74, 6) is 0. The standard InChI is InChI=1S/C14H17N/c1-2-4-11(5-3-1)8-12-9-13-6-7-14(10-12)15-13/h1-5,9,13-15H,6-8,10H2/t13-,14+/m1/s1. The third-order valence-electron chi connectivity index (χ3n) is 3.50. The van der Waals surface area contributed by atoms with Crippen LogP contribution in [0.5, 0.6) is 0 Å². The zero-order valence-electron chi connectivity index (χ0n) is 8.95. The van der Waals surface area contributed by atoms with Crippen molar-refractivity contribution >= 4 is 0 Å². The molecule has 2 aliphatic rings. The normalized spacial score (nSPS) is 28.9. The lowest BCUT2D eigenvalue weighted by molar-refractivity contribution is 0.543. The summed E-state index contributed by atoms with van der Waals surface area (Å²) in [5.41, 5.74) is 3.08. The van der Waals surface area contributed by atoms with Gasteiger partial charge in [-0.15, -0.1) is 0 Å². The van der Waals surface area contributed by atoms with Crippen molar-refractivity contribution in [2.45, 2.75) is 37.8 Å². The minimum atomic E-state index is 0.669. The molecule has 0 saturated carbocycles. The first-order chi connectivity index (χ1) is 7.40. The Hall–Kier alpha value is -1.08. The number of hydrogen-bond donors (Lipinski definition) is 1. The number of fused-ring (bicyclic) bond motifs is 2. The summed E-state index contributed by atoms with van der Waals surface area (Å²) in [6.07, 6.45) is 7.56. The van der Waals surface area contributed by atoms with Crippen molar-refractivity contribution in [3.05, 3.63) is 47.5 Å². The van der Waals surface area contributed by atoms with Crippen molar-refractivity contribution in [2.75, 3.05) is 0 Å². The second-order valence-corrected chi connectivity index (χ2v) is 4.74. The summed E-state index contributed by atoms with van der Waals surface area (Å²) in [4.78, 5) is 0. The fourth-order valence-corrected chi connectivity index (χ4v) is 2.80. The van der Waals surface area contributed by atoms with E-state index >= 15 is 0 Å². The zero-order chi connectivity index (χ0) is 10.1. The maximum Gasteiger partial charge on any atom is 0.0256 e.